The summed E-state index contributed by atoms with van der Waals surface area (Å²) in [5.74, 6) is 0.205. The first-order chi connectivity index (χ1) is 12.0. The molecule has 0 aromatic carbocycles. The van der Waals surface area contributed by atoms with E-state index in [0.717, 1.165) is 33.7 Å². The Balaban J connectivity index is 1.93. The number of hydrogen-bond acceptors (Lipinski definition) is 5. The summed E-state index contributed by atoms with van der Waals surface area (Å²) in [7, 11) is 0. The molecule has 0 unspecified atom stereocenters. The van der Waals surface area contributed by atoms with Crippen LogP contribution in [0.2, 0.25) is 0 Å². The fraction of sp³-hybridized carbons (Fsp3) is 0.222. The molecule has 0 aliphatic heterocycles. The maximum Gasteiger partial charge on any atom is 0.211 e. The number of rotatable bonds is 3. The van der Waals surface area contributed by atoms with Crippen LogP contribution < -0.4 is 0 Å². The van der Waals surface area contributed by atoms with Gasteiger partial charge in [-0.05, 0) is 30.5 Å². The Hall–Kier alpha value is -3.22. The number of H-pyrrole nitrogens is 1. The molecule has 126 valence electrons. The third-order valence-corrected chi connectivity index (χ3v) is 4.21. The number of aryl methyl sites for hydroxylation is 1. The maximum atomic E-state index is 9.69. The normalized spacial score (nSPS) is 11.5. The maximum absolute atomic E-state index is 9.69. The van der Waals surface area contributed by atoms with Gasteiger partial charge in [-0.15, -0.1) is 0 Å². The van der Waals surface area contributed by atoms with Crippen molar-refractivity contribution in [2.24, 2.45) is 0 Å². The molecule has 0 amide bonds. The van der Waals surface area contributed by atoms with Crippen molar-refractivity contribution in [2.75, 3.05) is 0 Å². The molecule has 4 rings (SSSR count). The molecular formula is C18H18N6O. The molecule has 0 saturated carbocycles. The highest BCUT2D eigenvalue weighted by molar-refractivity contribution is 5.74. The summed E-state index contributed by atoms with van der Waals surface area (Å²) in [4.78, 5) is 8.46. The predicted octanol–water partition coefficient (Wildman–Crippen LogP) is 3.32. The summed E-state index contributed by atoms with van der Waals surface area (Å²) >= 11 is 0. The summed E-state index contributed by atoms with van der Waals surface area (Å²) in [6.07, 6.45) is 3.49. The van der Waals surface area contributed by atoms with Crippen LogP contribution in [0, 0.1) is 6.92 Å². The second kappa shape index (κ2) is 5.70. The Bertz CT molecular complexity index is 1060. The number of hydrogen-bond donors (Lipinski definition) is 2. The minimum absolute atomic E-state index is 0.0170. The van der Waals surface area contributed by atoms with Crippen LogP contribution in [0.3, 0.4) is 0 Å². The number of nitrogens with one attached hydrogen (secondary N) is 1. The van der Waals surface area contributed by atoms with Gasteiger partial charge in [0.1, 0.15) is 12.0 Å². The third-order valence-electron chi connectivity index (χ3n) is 4.21. The van der Waals surface area contributed by atoms with Gasteiger partial charge in [-0.2, -0.15) is 10.2 Å². The van der Waals surface area contributed by atoms with Crippen LogP contribution in [0.15, 0.2) is 36.8 Å². The van der Waals surface area contributed by atoms with Crippen LogP contribution in [0.1, 0.15) is 30.9 Å². The van der Waals surface area contributed by atoms with Crippen molar-refractivity contribution in [1.29, 1.82) is 0 Å². The van der Waals surface area contributed by atoms with Gasteiger partial charge in [-0.3, -0.25) is 5.10 Å². The van der Waals surface area contributed by atoms with Gasteiger partial charge in [0, 0.05) is 23.4 Å². The molecule has 0 aliphatic rings. The molecule has 4 aromatic rings. The van der Waals surface area contributed by atoms with Crippen molar-refractivity contribution in [3.63, 3.8) is 0 Å². The lowest BCUT2D eigenvalue weighted by Crippen LogP contribution is -1.97. The van der Waals surface area contributed by atoms with E-state index in [2.05, 4.69) is 45.2 Å². The Labute approximate surface area is 144 Å². The Morgan fingerprint density at radius 3 is 2.84 bits per heavy atom. The molecule has 2 N–H and O–H groups in total. The predicted molar refractivity (Wildman–Crippen MR) is 94.3 cm³/mol. The van der Waals surface area contributed by atoms with Gasteiger partial charge in [0.25, 0.3) is 0 Å². The monoisotopic (exact) mass is 334 g/mol. The van der Waals surface area contributed by atoms with Crippen LogP contribution in [-0.2, 0) is 0 Å². The number of nitrogens with zero attached hydrogens (tertiary/aromatic N) is 5. The summed E-state index contributed by atoms with van der Waals surface area (Å²) in [5, 5.41) is 21.6. The smallest absolute Gasteiger partial charge is 0.211 e. The highest BCUT2D eigenvalue weighted by atomic mass is 16.3. The van der Waals surface area contributed by atoms with E-state index in [0.29, 0.717) is 5.69 Å². The molecule has 7 nitrogen and oxygen atoms in total. The number of aromatic hydroxyl groups is 1. The fourth-order valence-corrected chi connectivity index (χ4v) is 3.11. The van der Waals surface area contributed by atoms with Gasteiger partial charge in [0.15, 0.2) is 5.65 Å². The molecule has 0 saturated heterocycles. The SMILES string of the molecule is Cc1cc(-c2[nH]nc(-c3cccc(O)n3)c2C(C)C)cn2ncnc12. The first kappa shape index (κ1) is 15.3. The first-order valence-electron chi connectivity index (χ1n) is 8.09. The van der Waals surface area contributed by atoms with E-state index in [4.69, 9.17) is 0 Å². The fourth-order valence-electron chi connectivity index (χ4n) is 3.11. The summed E-state index contributed by atoms with van der Waals surface area (Å²) in [5.41, 5.74) is 6.23. The van der Waals surface area contributed by atoms with Gasteiger partial charge >= 0.3 is 0 Å². The largest absolute Gasteiger partial charge is 0.493 e. The van der Waals surface area contributed by atoms with Crippen LogP contribution in [-0.4, -0.2) is 34.9 Å². The molecule has 0 bridgehead atoms. The Kier molecular flexibility index (Phi) is 3.49. The van der Waals surface area contributed by atoms with Crippen molar-refractivity contribution in [3.8, 4) is 28.5 Å². The highest BCUT2D eigenvalue weighted by Gasteiger charge is 2.21. The quantitative estimate of drug-likeness (QED) is 0.599. The van der Waals surface area contributed by atoms with Gasteiger partial charge in [0.05, 0.1) is 11.4 Å². The Morgan fingerprint density at radius 1 is 1.24 bits per heavy atom. The number of fused-ring (bicyclic) bond motifs is 1. The average Bonchev–Trinajstić information content (AvgIpc) is 3.21. The van der Waals surface area contributed by atoms with Crippen LogP contribution in [0.25, 0.3) is 28.3 Å². The minimum atomic E-state index is -0.0170. The molecule has 4 aromatic heterocycles. The van der Waals surface area contributed by atoms with Crippen molar-refractivity contribution in [3.05, 3.63) is 47.9 Å². The molecule has 7 heteroatoms. The molecule has 0 aliphatic carbocycles. The second-order valence-corrected chi connectivity index (χ2v) is 6.34. The number of pyridine rings is 2. The second-order valence-electron chi connectivity index (χ2n) is 6.34. The van der Waals surface area contributed by atoms with Crippen molar-refractivity contribution >= 4 is 5.65 Å². The van der Waals surface area contributed by atoms with Gasteiger partial charge in [-0.1, -0.05) is 19.9 Å². The minimum Gasteiger partial charge on any atom is -0.493 e. The lowest BCUT2D eigenvalue weighted by atomic mass is 9.95. The lowest BCUT2D eigenvalue weighted by Gasteiger charge is -2.10. The van der Waals surface area contributed by atoms with Gasteiger partial charge in [0.2, 0.25) is 5.88 Å². The molecular weight excluding hydrogens is 316 g/mol. The van der Waals surface area contributed by atoms with Crippen LogP contribution in [0.5, 0.6) is 5.88 Å². The van der Waals surface area contributed by atoms with E-state index in [9.17, 15) is 5.11 Å². The van der Waals surface area contributed by atoms with E-state index in [1.165, 1.54) is 0 Å². The van der Waals surface area contributed by atoms with Crippen molar-refractivity contribution < 1.29 is 5.11 Å². The highest BCUT2D eigenvalue weighted by Crippen LogP contribution is 2.35. The van der Waals surface area contributed by atoms with E-state index in [-0.39, 0.29) is 11.8 Å². The van der Waals surface area contributed by atoms with Gasteiger partial charge in [-0.25, -0.2) is 14.5 Å². The van der Waals surface area contributed by atoms with E-state index < -0.39 is 0 Å². The topological polar surface area (TPSA) is 92.0 Å². The van der Waals surface area contributed by atoms with Crippen LogP contribution in [0.4, 0.5) is 0 Å². The molecule has 0 atom stereocenters. The van der Waals surface area contributed by atoms with E-state index in [1.807, 2.05) is 19.2 Å². The standard InChI is InChI=1S/C18H18N6O/c1-10(2)15-16(12-7-11(3)18-19-9-20-24(18)8-12)22-23-17(15)13-5-4-6-14(25)21-13/h4-10H,1-3H3,(H,21,25)(H,22,23). The summed E-state index contributed by atoms with van der Waals surface area (Å²) < 4.78 is 1.77. The molecule has 4 heterocycles. The first-order valence-corrected chi connectivity index (χ1v) is 8.09. The molecule has 0 fully saturated rings. The summed E-state index contributed by atoms with van der Waals surface area (Å²) in [6.45, 7) is 6.24. The van der Waals surface area contributed by atoms with Gasteiger partial charge < -0.3 is 5.11 Å². The molecule has 0 radical (unpaired) electrons. The zero-order chi connectivity index (χ0) is 17.6. The van der Waals surface area contributed by atoms with Crippen LogP contribution >= 0.6 is 0 Å². The third kappa shape index (κ3) is 2.53. The zero-order valence-electron chi connectivity index (χ0n) is 14.2. The molecule has 0 spiro atoms. The van der Waals surface area contributed by atoms with Crippen molar-refractivity contribution in [2.45, 2.75) is 26.7 Å². The lowest BCUT2D eigenvalue weighted by molar-refractivity contribution is 0.454. The average molecular weight is 334 g/mol. The number of aromatic amines is 1. The summed E-state index contributed by atoms with van der Waals surface area (Å²) in [6, 6.07) is 7.23. The molecule has 25 heavy (non-hydrogen) atoms. The Morgan fingerprint density at radius 2 is 2.08 bits per heavy atom. The zero-order valence-corrected chi connectivity index (χ0v) is 14.2. The van der Waals surface area contributed by atoms with Crippen molar-refractivity contribution in [1.82, 2.24) is 29.8 Å². The van der Waals surface area contributed by atoms with E-state index >= 15 is 0 Å². The number of aromatic nitrogens is 6. The van der Waals surface area contributed by atoms with E-state index in [1.54, 1.807) is 23.0 Å².